The highest BCUT2D eigenvalue weighted by Crippen LogP contribution is 2.34. The molecule has 2 N–H and O–H groups in total. The summed E-state index contributed by atoms with van der Waals surface area (Å²) in [6.07, 6.45) is 1.58. The van der Waals surface area contributed by atoms with Crippen LogP contribution in [0.1, 0.15) is 36.0 Å². The fourth-order valence-corrected chi connectivity index (χ4v) is 5.28. The van der Waals surface area contributed by atoms with E-state index in [0.717, 1.165) is 22.4 Å². The predicted molar refractivity (Wildman–Crippen MR) is 128 cm³/mol. The Hall–Kier alpha value is -2.84. The number of carbonyl (C=O) groups is 1. The first-order valence-corrected chi connectivity index (χ1v) is 11.7. The number of aryl methyl sites for hydroxylation is 2. The number of thiophene rings is 1. The molecule has 31 heavy (non-hydrogen) atoms. The molecule has 0 bridgehead atoms. The summed E-state index contributed by atoms with van der Waals surface area (Å²) in [4.78, 5) is 33.7. The lowest BCUT2D eigenvalue weighted by atomic mass is 10.1. The van der Waals surface area contributed by atoms with Crippen LogP contribution in [0.25, 0.3) is 21.5 Å². The molecule has 160 valence electrons. The number of benzene rings is 1. The van der Waals surface area contributed by atoms with Crippen molar-refractivity contribution in [3.8, 4) is 11.3 Å². The lowest BCUT2D eigenvalue weighted by molar-refractivity contribution is -0.115. The molecule has 0 aliphatic carbocycles. The average Bonchev–Trinajstić information content (AvgIpc) is 3.40. The van der Waals surface area contributed by atoms with Crippen LogP contribution in [0, 0.1) is 13.8 Å². The van der Waals surface area contributed by atoms with Crippen molar-refractivity contribution in [3.63, 3.8) is 0 Å². The summed E-state index contributed by atoms with van der Waals surface area (Å²) in [5.41, 5.74) is 3.47. The van der Waals surface area contributed by atoms with Crippen LogP contribution < -0.4 is 10.9 Å². The van der Waals surface area contributed by atoms with E-state index in [1.54, 1.807) is 12.3 Å². The van der Waals surface area contributed by atoms with Crippen LogP contribution in [-0.2, 0) is 4.79 Å². The second-order valence-electron chi connectivity index (χ2n) is 7.49. The summed E-state index contributed by atoms with van der Waals surface area (Å²) in [6, 6.07) is 9.59. The van der Waals surface area contributed by atoms with Gasteiger partial charge in [-0.2, -0.15) is 0 Å². The largest absolute Gasteiger partial charge is 0.464 e. The van der Waals surface area contributed by atoms with Gasteiger partial charge in [0, 0.05) is 16.6 Å². The Balaban J connectivity index is 1.51. The van der Waals surface area contributed by atoms with Gasteiger partial charge in [0.2, 0.25) is 5.91 Å². The van der Waals surface area contributed by atoms with E-state index in [2.05, 4.69) is 15.3 Å². The summed E-state index contributed by atoms with van der Waals surface area (Å²) < 4.78 is 5.44. The van der Waals surface area contributed by atoms with E-state index >= 15 is 0 Å². The highest BCUT2D eigenvalue weighted by atomic mass is 32.2. The lowest BCUT2D eigenvalue weighted by Gasteiger charge is -2.17. The molecule has 0 aliphatic rings. The van der Waals surface area contributed by atoms with Gasteiger partial charge >= 0.3 is 0 Å². The van der Waals surface area contributed by atoms with Gasteiger partial charge in [-0.3, -0.25) is 9.59 Å². The number of fused-ring (bicyclic) bond motifs is 1. The van der Waals surface area contributed by atoms with E-state index in [-0.39, 0.29) is 22.0 Å². The fraction of sp³-hybridized carbons (Fsp3) is 0.261. The summed E-state index contributed by atoms with van der Waals surface area (Å²) >= 11 is 2.86. The number of thioether (sulfide) groups is 1. The number of carbonyl (C=O) groups excluding carboxylic acids is 1. The molecule has 6 nitrogen and oxygen atoms in total. The maximum atomic E-state index is 12.8. The number of aromatic amines is 1. The van der Waals surface area contributed by atoms with Crippen molar-refractivity contribution in [3.05, 3.63) is 69.3 Å². The van der Waals surface area contributed by atoms with Crippen molar-refractivity contribution >= 4 is 44.9 Å². The van der Waals surface area contributed by atoms with Crippen LogP contribution in [0.3, 0.4) is 0 Å². The van der Waals surface area contributed by atoms with Crippen molar-refractivity contribution in [2.24, 2.45) is 0 Å². The molecule has 1 amide bonds. The molecule has 2 atom stereocenters. The Morgan fingerprint density at radius 1 is 1.26 bits per heavy atom. The molecule has 0 radical (unpaired) electrons. The van der Waals surface area contributed by atoms with Gasteiger partial charge < -0.3 is 14.7 Å². The lowest BCUT2D eigenvalue weighted by Crippen LogP contribution is -2.24. The Morgan fingerprint density at radius 3 is 2.81 bits per heavy atom. The molecule has 0 saturated heterocycles. The van der Waals surface area contributed by atoms with E-state index in [1.165, 1.54) is 23.1 Å². The van der Waals surface area contributed by atoms with E-state index < -0.39 is 0 Å². The van der Waals surface area contributed by atoms with Crippen molar-refractivity contribution in [2.45, 2.75) is 38.2 Å². The maximum Gasteiger partial charge on any atom is 0.260 e. The Morgan fingerprint density at radius 2 is 2.06 bits per heavy atom. The number of hydrogen-bond donors (Lipinski definition) is 2. The van der Waals surface area contributed by atoms with Gasteiger partial charge in [0.05, 0.1) is 22.1 Å². The van der Waals surface area contributed by atoms with Crippen molar-refractivity contribution in [1.29, 1.82) is 0 Å². The van der Waals surface area contributed by atoms with Crippen LogP contribution in [0.5, 0.6) is 0 Å². The van der Waals surface area contributed by atoms with Crippen molar-refractivity contribution < 1.29 is 9.21 Å². The number of amides is 1. The van der Waals surface area contributed by atoms with Gasteiger partial charge in [-0.1, -0.05) is 12.1 Å². The summed E-state index contributed by atoms with van der Waals surface area (Å²) in [6.45, 7) is 7.77. The first-order valence-electron chi connectivity index (χ1n) is 9.92. The molecule has 0 saturated carbocycles. The van der Waals surface area contributed by atoms with Gasteiger partial charge in [-0.25, -0.2) is 4.98 Å². The topological polar surface area (TPSA) is 88.0 Å². The molecule has 2 unspecified atom stereocenters. The van der Waals surface area contributed by atoms with Crippen molar-refractivity contribution in [2.75, 3.05) is 5.32 Å². The molecule has 0 spiro atoms. The maximum absolute atomic E-state index is 12.8. The highest BCUT2D eigenvalue weighted by molar-refractivity contribution is 8.00. The molecular formula is C23H23N3O3S2. The monoisotopic (exact) mass is 453 g/mol. The smallest absolute Gasteiger partial charge is 0.260 e. The number of hydrogen-bond acceptors (Lipinski definition) is 6. The Labute approximate surface area is 188 Å². The second-order valence-corrected chi connectivity index (χ2v) is 10.0. The van der Waals surface area contributed by atoms with Crippen LogP contribution in [0.15, 0.2) is 51.2 Å². The number of nitrogens with one attached hydrogen (secondary N) is 2. The highest BCUT2D eigenvalue weighted by Gasteiger charge is 2.22. The first kappa shape index (κ1) is 21.4. The molecule has 0 aliphatic heterocycles. The number of aromatic nitrogens is 2. The van der Waals surface area contributed by atoms with Crippen LogP contribution in [0.2, 0.25) is 0 Å². The molecule has 8 heteroatoms. The van der Waals surface area contributed by atoms with Crippen LogP contribution >= 0.6 is 23.1 Å². The average molecular weight is 454 g/mol. The van der Waals surface area contributed by atoms with E-state index in [9.17, 15) is 9.59 Å². The number of H-pyrrole nitrogens is 1. The number of rotatable bonds is 6. The zero-order chi connectivity index (χ0) is 22.1. The normalized spacial score (nSPS) is 13.3. The Bertz CT molecular complexity index is 1290. The number of anilines is 1. The van der Waals surface area contributed by atoms with Crippen LogP contribution in [-0.4, -0.2) is 21.1 Å². The third kappa shape index (κ3) is 4.45. The minimum atomic E-state index is -0.321. The van der Waals surface area contributed by atoms with E-state index in [0.29, 0.717) is 21.8 Å². The fourth-order valence-electron chi connectivity index (χ4n) is 3.31. The predicted octanol–water partition coefficient (Wildman–Crippen LogP) is 5.68. The SMILES string of the molecule is Cc1ccc(C)c(NC(=O)C(C)SC(C)c2nc3scc(-c4ccco4)c3c(=O)[nH]2)c1. The Kier molecular flexibility index (Phi) is 6.02. The van der Waals surface area contributed by atoms with Gasteiger partial charge in [-0.15, -0.1) is 23.1 Å². The standard InChI is InChI=1S/C23H23N3O3S2/c1-12-7-8-13(2)17(10-12)24-21(27)15(4)31-14(3)20-25-22(28)19-16(11-30-23(19)26-20)18-6-5-9-29-18/h5-11,14-15H,1-4H3,(H,24,27)(H,25,26,28). The zero-order valence-electron chi connectivity index (χ0n) is 17.7. The zero-order valence-corrected chi connectivity index (χ0v) is 19.3. The van der Waals surface area contributed by atoms with E-state index in [1.807, 2.05) is 57.3 Å². The van der Waals surface area contributed by atoms with Gasteiger partial charge in [0.15, 0.2) is 0 Å². The van der Waals surface area contributed by atoms with E-state index in [4.69, 9.17) is 4.42 Å². The van der Waals surface area contributed by atoms with Gasteiger partial charge in [-0.05, 0) is 57.0 Å². The molecule has 4 rings (SSSR count). The minimum Gasteiger partial charge on any atom is -0.464 e. The summed E-state index contributed by atoms with van der Waals surface area (Å²) in [5.74, 6) is 1.12. The molecule has 1 aromatic carbocycles. The molecule has 4 aromatic rings. The van der Waals surface area contributed by atoms with Gasteiger partial charge in [0.1, 0.15) is 16.4 Å². The number of furan rings is 1. The summed E-state index contributed by atoms with van der Waals surface area (Å²) in [7, 11) is 0. The first-order chi connectivity index (χ1) is 14.8. The second kappa shape index (κ2) is 8.72. The van der Waals surface area contributed by atoms with Crippen LogP contribution in [0.4, 0.5) is 5.69 Å². The quantitative estimate of drug-likeness (QED) is 0.392. The van der Waals surface area contributed by atoms with Gasteiger partial charge in [0.25, 0.3) is 5.56 Å². The third-order valence-electron chi connectivity index (χ3n) is 5.06. The molecule has 3 aromatic heterocycles. The molecular weight excluding hydrogens is 430 g/mol. The third-order valence-corrected chi connectivity index (χ3v) is 7.19. The molecule has 0 fully saturated rings. The van der Waals surface area contributed by atoms with Crippen molar-refractivity contribution in [1.82, 2.24) is 9.97 Å². The summed E-state index contributed by atoms with van der Waals surface area (Å²) in [5, 5.41) is 4.94. The number of nitrogens with zero attached hydrogens (tertiary/aromatic N) is 1. The molecule has 3 heterocycles. The minimum absolute atomic E-state index is 0.0785.